The largest absolute Gasteiger partial charge is 0.369 e. The molecule has 35 heavy (non-hydrogen) atoms. The third-order valence-corrected chi connectivity index (χ3v) is 6.57. The molecule has 1 fully saturated rings. The molecule has 2 aromatic carbocycles. The van der Waals surface area contributed by atoms with Gasteiger partial charge in [-0.1, -0.05) is 12.1 Å². The summed E-state index contributed by atoms with van der Waals surface area (Å²) in [5.41, 5.74) is 3.02. The lowest BCUT2D eigenvalue weighted by molar-refractivity contribution is 0.190. The van der Waals surface area contributed by atoms with Crippen LogP contribution in [0.3, 0.4) is 0 Å². The van der Waals surface area contributed by atoms with Crippen molar-refractivity contribution in [2.75, 3.05) is 31.1 Å². The highest BCUT2D eigenvalue weighted by Crippen LogP contribution is 2.31. The van der Waals surface area contributed by atoms with Crippen LogP contribution in [0.15, 0.2) is 53.3 Å². The molecule has 0 bridgehead atoms. The predicted octanol–water partition coefficient (Wildman–Crippen LogP) is 3.63. The number of benzene rings is 2. The molecule has 0 radical (unpaired) electrons. The molecule has 0 saturated carbocycles. The Morgan fingerprint density at radius 1 is 1.00 bits per heavy atom. The molecule has 4 aromatic rings. The number of fused-ring (bicyclic) bond motifs is 1. The highest BCUT2D eigenvalue weighted by Gasteiger charge is 2.35. The summed E-state index contributed by atoms with van der Waals surface area (Å²) in [4.78, 5) is 21.0. The lowest BCUT2D eigenvalue weighted by Crippen LogP contribution is -2.49. The summed E-state index contributed by atoms with van der Waals surface area (Å²) in [6.07, 6.45) is 0. The maximum atomic E-state index is 13.4. The fourth-order valence-corrected chi connectivity index (χ4v) is 4.77. The fourth-order valence-electron chi connectivity index (χ4n) is 4.77. The van der Waals surface area contributed by atoms with Gasteiger partial charge in [0.1, 0.15) is 11.9 Å². The molecule has 1 saturated heterocycles. The Bertz CT molecular complexity index is 1400. The lowest BCUT2D eigenvalue weighted by Gasteiger charge is -2.40. The minimum atomic E-state index is -0.408. The first-order chi connectivity index (χ1) is 16.7. The van der Waals surface area contributed by atoms with Crippen LogP contribution in [0.25, 0.3) is 10.9 Å². The van der Waals surface area contributed by atoms with Crippen molar-refractivity contribution in [1.82, 2.24) is 30.1 Å². The van der Waals surface area contributed by atoms with Crippen LogP contribution in [0.1, 0.15) is 43.8 Å². The maximum absolute atomic E-state index is 13.4. The van der Waals surface area contributed by atoms with Gasteiger partial charge in [-0.05, 0) is 85.5 Å². The molecular weight excluding hydrogens is 445 g/mol. The summed E-state index contributed by atoms with van der Waals surface area (Å²) in [5, 5.41) is 13.6. The number of anilines is 1. The average molecular weight is 476 g/mol. The van der Waals surface area contributed by atoms with Gasteiger partial charge in [-0.25, -0.2) is 9.07 Å². The fraction of sp³-hybridized carbons (Fsp3) is 0.385. The van der Waals surface area contributed by atoms with E-state index in [4.69, 9.17) is 0 Å². The van der Waals surface area contributed by atoms with Crippen LogP contribution in [0.2, 0.25) is 0 Å². The Hall–Kier alpha value is -3.59. The number of piperazine rings is 1. The molecule has 8 nitrogen and oxygen atoms in total. The number of nitrogens with one attached hydrogen (secondary N) is 1. The minimum Gasteiger partial charge on any atom is -0.369 e. The van der Waals surface area contributed by atoms with Gasteiger partial charge in [0.25, 0.3) is 5.56 Å². The van der Waals surface area contributed by atoms with Crippen LogP contribution in [0.4, 0.5) is 10.1 Å². The SMILES string of the molecule is Cc1ccc2cc([C@H](c3nnnn3C(C)(C)C)N3CCN(c4ccc(F)cc4)CC3)c(=O)[nH]c2c1. The van der Waals surface area contributed by atoms with E-state index >= 15 is 0 Å². The maximum Gasteiger partial charge on any atom is 0.253 e. The molecule has 2 aromatic heterocycles. The van der Waals surface area contributed by atoms with Crippen molar-refractivity contribution in [3.63, 3.8) is 0 Å². The normalized spacial score (nSPS) is 16.1. The van der Waals surface area contributed by atoms with E-state index in [1.54, 1.807) is 12.1 Å². The smallest absolute Gasteiger partial charge is 0.253 e. The van der Waals surface area contributed by atoms with Crippen molar-refractivity contribution in [2.45, 2.75) is 39.3 Å². The second-order valence-corrected chi connectivity index (χ2v) is 10.2. The average Bonchev–Trinajstić information content (AvgIpc) is 3.31. The Kier molecular flexibility index (Phi) is 5.88. The number of tetrazole rings is 1. The summed E-state index contributed by atoms with van der Waals surface area (Å²) in [6, 6.07) is 14.2. The summed E-state index contributed by atoms with van der Waals surface area (Å²) in [6.45, 7) is 11.0. The second-order valence-electron chi connectivity index (χ2n) is 10.2. The van der Waals surface area contributed by atoms with Crippen molar-refractivity contribution in [3.05, 3.63) is 81.7 Å². The molecule has 3 heterocycles. The molecule has 1 N–H and O–H groups in total. The number of hydrogen-bond donors (Lipinski definition) is 1. The summed E-state index contributed by atoms with van der Waals surface area (Å²) < 4.78 is 15.2. The molecule has 182 valence electrons. The molecule has 0 unspecified atom stereocenters. The van der Waals surface area contributed by atoms with Gasteiger partial charge in [-0.2, -0.15) is 0 Å². The van der Waals surface area contributed by atoms with Crippen molar-refractivity contribution in [3.8, 4) is 0 Å². The summed E-state index contributed by atoms with van der Waals surface area (Å²) in [5.74, 6) is 0.400. The van der Waals surface area contributed by atoms with Crippen molar-refractivity contribution >= 4 is 16.6 Å². The van der Waals surface area contributed by atoms with E-state index < -0.39 is 6.04 Å². The number of aromatic amines is 1. The second kappa shape index (κ2) is 8.88. The monoisotopic (exact) mass is 475 g/mol. The summed E-state index contributed by atoms with van der Waals surface area (Å²) >= 11 is 0. The molecule has 1 aliphatic heterocycles. The number of nitrogens with zero attached hydrogens (tertiary/aromatic N) is 6. The number of aromatic nitrogens is 5. The first kappa shape index (κ1) is 23.2. The first-order valence-electron chi connectivity index (χ1n) is 11.9. The van der Waals surface area contributed by atoms with Crippen LogP contribution in [0, 0.1) is 12.7 Å². The van der Waals surface area contributed by atoms with Crippen LogP contribution >= 0.6 is 0 Å². The number of pyridine rings is 1. The third kappa shape index (κ3) is 4.55. The van der Waals surface area contributed by atoms with E-state index in [1.165, 1.54) is 12.1 Å². The van der Waals surface area contributed by atoms with E-state index in [1.807, 2.05) is 56.6 Å². The zero-order chi connectivity index (χ0) is 24.7. The molecule has 1 atom stereocenters. The van der Waals surface area contributed by atoms with Gasteiger partial charge in [0.2, 0.25) is 0 Å². The zero-order valence-electron chi connectivity index (χ0n) is 20.5. The van der Waals surface area contributed by atoms with Crippen LogP contribution in [-0.4, -0.2) is 56.3 Å². The van der Waals surface area contributed by atoms with E-state index in [-0.39, 0.29) is 16.9 Å². The Morgan fingerprint density at radius 3 is 2.40 bits per heavy atom. The van der Waals surface area contributed by atoms with Crippen molar-refractivity contribution in [2.24, 2.45) is 0 Å². The van der Waals surface area contributed by atoms with Gasteiger partial charge < -0.3 is 9.88 Å². The Morgan fingerprint density at radius 2 is 1.71 bits per heavy atom. The Balaban J connectivity index is 1.55. The van der Waals surface area contributed by atoms with Gasteiger partial charge >= 0.3 is 0 Å². The zero-order valence-corrected chi connectivity index (χ0v) is 20.5. The molecule has 0 amide bonds. The van der Waals surface area contributed by atoms with E-state index in [0.29, 0.717) is 24.5 Å². The highest BCUT2D eigenvalue weighted by atomic mass is 19.1. The number of aryl methyl sites for hydroxylation is 1. The predicted molar refractivity (Wildman–Crippen MR) is 134 cm³/mol. The van der Waals surface area contributed by atoms with E-state index in [2.05, 4.69) is 30.3 Å². The standard InChI is InChI=1S/C26H30FN7O/c1-17-5-6-18-16-21(25(35)28-22(18)15-17)23(24-29-30-31-34(24)26(2,3)4)33-13-11-32(12-14-33)20-9-7-19(27)8-10-20/h5-10,15-16,23H,11-14H2,1-4H3,(H,28,35)/t23-/m1/s1. The molecule has 1 aliphatic rings. The molecule has 0 spiro atoms. The number of halogens is 1. The van der Waals surface area contributed by atoms with Gasteiger partial charge in [-0.15, -0.1) is 5.10 Å². The van der Waals surface area contributed by atoms with Gasteiger partial charge in [0.05, 0.1) is 5.54 Å². The van der Waals surface area contributed by atoms with Crippen LogP contribution < -0.4 is 10.5 Å². The topological polar surface area (TPSA) is 82.9 Å². The molecule has 0 aliphatic carbocycles. The van der Waals surface area contributed by atoms with Crippen LogP contribution in [0.5, 0.6) is 0 Å². The number of hydrogen-bond acceptors (Lipinski definition) is 6. The van der Waals surface area contributed by atoms with E-state index in [9.17, 15) is 9.18 Å². The number of H-pyrrole nitrogens is 1. The molecule has 9 heteroatoms. The van der Waals surface area contributed by atoms with Gasteiger partial charge in [0, 0.05) is 42.9 Å². The highest BCUT2D eigenvalue weighted by molar-refractivity contribution is 5.79. The van der Waals surface area contributed by atoms with Gasteiger partial charge in [0.15, 0.2) is 5.82 Å². The molecular formula is C26H30FN7O. The minimum absolute atomic E-state index is 0.141. The summed E-state index contributed by atoms with van der Waals surface area (Å²) in [7, 11) is 0. The van der Waals surface area contributed by atoms with Crippen LogP contribution in [-0.2, 0) is 5.54 Å². The quantitative estimate of drug-likeness (QED) is 0.485. The lowest BCUT2D eigenvalue weighted by atomic mass is 10.0. The van der Waals surface area contributed by atoms with Crippen molar-refractivity contribution in [1.29, 1.82) is 0 Å². The van der Waals surface area contributed by atoms with Crippen molar-refractivity contribution < 1.29 is 4.39 Å². The first-order valence-corrected chi connectivity index (χ1v) is 11.9. The van der Waals surface area contributed by atoms with Gasteiger partial charge in [-0.3, -0.25) is 9.69 Å². The third-order valence-electron chi connectivity index (χ3n) is 6.57. The number of rotatable bonds is 4. The van der Waals surface area contributed by atoms with E-state index in [0.717, 1.165) is 35.2 Å². The Labute approximate surface area is 203 Å². The molecule has 5 rings (SSSR count).